The van der Waals surface area contributed by atoms with Gasteiger partial charge in [0.15, 0.2) is 0 Å². The maximum absolute atomic E-state index is 12.4. The Morgan fingerprint density at radius 3 is 2.92 bits per heavy atom. The fourth-order valence-electron chi connectivity index (χ4n) is 2.00. The molecule has 0 bridgehead atoms. The summed E-state index contributed by atoms with van der Waals surface area (Å²) in [4.78, 5) is 22.0. The molecule has 4 aromatic rings. The number of nitrogens with one attached hydrogen (secondary N) is 2. The first-order valence-corrected chi connectivity index (χ1v) is 9.62. The normalized spacial score (nSPS) is 10.9. The lowest BCUT2D eigenvalue weighted by atomic mass is 10.3. The maximum atomic E-state index is 12.4. The number of thiophene rings is 1. The summed E-state index contributed by atoms with van der Waals surface area (Å²) >= 11 is 10.2. The molecular weight excluding hydrogens is 386 g/mol. The quantitative estimate of drug-likeness (QED) is 0.529. The number of anilines is 1. The van der Waals surface area contributed by atoms with Crippen LogP contribution in [-0.4, -0.2) is 26.1 Å². The first-order valence-electron chi connectivity index (χ1n) is 6.66. The molecule has 0 saturated carbocycles. The smallest absolute Gasteiger partial charge is 0.275 e. The van der Waals surface area contributed by atoms with Crippen molar-refractivity contribution in [2.75, 3.05) is 5.32 Å². The Hall–Kier alpha value is -2.07. The van der Waals surface area contributed by atoms with Crippen molar-refractivity contribution in [3.05, 3.63) is 45.3 Å². The number of halogens is 1. The van der Waals surface area contributed by atoms with Crippen molar-refractivity contribution < 1.29 is 4.79 Å². The number of nitrogens with zero attached hydrogens (tertiary/aromatic N) is 3. The van der Waals surface area contributed by atoms with Gasteiger partial charge in [-0.05, 0) is 12.1 Å². The Kier molecular flexibility index (Phi) is 4.15. The summed E-state index contributed by atoms with van der Waals surface area (Å²) in [6.45, 7) is 0. The molecule has 24 heavy (non-hydrogen) atoms. The first kappa shape index (κ1) is 15.5. The largest absolute Gasteiger partial charge is 0.317 e. The van der Waals surface area contributed by atoms with E-state index in [0.717, 1.165) is 14.9 Å². The summed E-state index contributed by atoms with van der Waals surface area (Å²) in [6, 6.07) is 3.71. The zero-order chi connectivity index (χ0) is 16.5. The molecule has 0 saturated heterocycles. The van der Waals surface area contributed by atoms with Crippen molar-refractivity contribution in [3.8, 4) is 20.6 Å². The Morgan fingerprint density at radius 1 is 1.25 bits per heavy atom. The topological polar surface area (TPSA) is 83.6 Å². The minimum absolute atomic E-state index is 0.292. The summed E-state index contributed by atoms with van der Waals surface area (Å²) in [5.41, 5.74) is 1.60. The van der Waals surface area contributed by atoms with Crippen molar-refractivity contribution in [3.63, 3.8) is 0 Å². The van der Waals surface area contributed by atoms with E-state index in [1.54, 1.807) is 17.8 Å². The predicted octanol–water partition coefficient (Wildman–Crippen LogP) is 4.62. The molecule has 0 atom stereocenters. The third-order valence-electron chi connectivity index (χ3n) is 3.05. The highest BCUT2D eigenvalue weighted by atomic mass is 35.5. The molecule has 0 fully saturated rings. The van der Waals surface area contributed by atoms with Gasteiger partial charge in [0.2, 0.25) is 0 Å². The first-order chi connectivity index (χ1) is 11.7. The molecule has 2 N–H and O–H groups in total. The third-order valence-corrected chi connectivity index (χ3v) is 6.09. The van der Waals surface area contributed by atoms with Gasteiger partial charge in [-0.3, -0.25) is 9.89 Å². The van der Waals surface area contributed by atoms with Crippen LogP contribution in [0.5, 0.6) is 0 Å². The second kappa shape index (κ2) is 6.44. The zero-order valence-corrected chi connectivity index (χ0v) is 15.0. The minimum Gasteiger partial charge on any atom is -0.317 e. The molecular formula is C14H8ClN5OS3. The number of amides is 1. The predicted molar refractivity (Wildman–Crippen MR) is 98.1 cm³/mol. The fraction of sp³-hybridized carbons (Fsp3) is 0. The Bertz CT molecular complexity index is 988. The molecule has 120 valence electrons. The average molecular weight is 394 g/mol. The highest BCUT2D eigenvalue weighted by Gasteiger charge is 2.17. The van der Waals surface area contributed by atoms with Gasteiger partial charge in [-0.2, -0.15) is 5.10 Å². The number of carbonyl (C=O) groups excluding carboxylic acids is 1. The Labute approximate surface area is 153 Å². The van der Waals surface area contributed by atoms with Crippen LogP contribution < -0.4 is 5.32 Å². The molecule has 1 amide bonds. The number of hydrogen-bond donors (Lipinski definition) is 2. The number of rotatable bonds is 4. The molecule has 0 aliphatic rings. The Balaban J connectivity index is 1.56. The summed E-state index contributed by atoms with van der Waals surface area (Å²) in [5, 5.41) is 14.8. The Morgan fingerprint density at radius 2 is 2.17 bits per heavy atom. The van der Waals surface area contributed by atoms with Gasteiger partial charge >= 0.3 is 0 Å². The fourth-order valence-corrected chi connectivity index (χ4v) is 4.56. The summed E-state index contributed by atoms with van der Waals surface area (Å²) in [6.07, 6.45) is 3.26. The summed E-state index contributed by atoms with van der Waals surface area (Å²) in [5.74, 6) is -0.292. The van der Waals surface area contributed by atoms with E-state index in [-0.39, 0.29) is 5.91 Å². The molecule has 0 unspecified atom stereocenters. The standard InChI is InChI=1S/C14H8ClN5OS3/c15-10-2-1-9(24-10)13-19-8(6-23-13)12(21)18-7-5-17-20-11(7)14-16-3-4-22-14/h1-6H,(H,17,20)(H,18,21). The van der Waals surface area contributed by atoms with Gasteiger partial charge < -0.3 is 5.32 Å². The van der Waals surface area contributed by atoms with E-state index < -0.39 is 0 Å². The molecule has 0 aromatic carbocycles. The lowest BCUT2D eigenvalue weighted by Crippen LogP contribution is -2.12. The second-order valence-corrected chi connectivity index (χ2v) is 8.06. The number of hydrogen-bond acceptors (Lipinski definition) is 7. The van der Waals surface area contributed by atoms with Gasteiger partial charge in [-0.25, -0.2) is 9.97 Å². The summed E-state index contributed by atoms with van der Waals surface area (Å²) in [7, 11) is 0. The van der Waals surface area contributed by atoms with Crippen LogP contribution in [0, 0.1) is 0 Å². The lowest BCUT2D eigenvalue weighted by Gasteiger charge is -2.01. The summed E-state index contributed by atoms with van der Waals surface area (Å²) < 4.78 is 0.692. The van der Waals surface area contributed by atoms with Gasteiger partial charge in [0.05, 0.1) is 21.1 Å². The molecule has 4 aromatic heterocycles. The zero-order valence-electron chi connectivity index (χ0n) is 11.8. The average Bonchev–Trinajstić information content (AvgIpc) is 3.34. The monoisotopic (exact) mass is 393 g/mol. The second-order valence-electron chi connectivity index (χ2n) is 4.59. The molecule has 6 nitrogen and oxygen atoms in total. The van der Waals surface area contributed by atoms with Gasteiger partial charge in [0.1, 0.15) is 21.4 Å². The van der Waals surface area contributed by atoms with Gasteiger partial charge in [0, 0.05) is 17.0 Å². The van der Waals surface area contributed by atoms with E-state index in [1.165, 1.54) is 34.0 Å². The highest BCUT2D eigenvalue weighted by molar-refractivity contribution is 7.23. The highest BCUT2D eigenvalue weighted by Crippen LogP contribution is 2.33. The number of carbonyl (C=O) groups is 1. The van der Waals surface area contributed by atoms with E-state index in [2.05, 4.69) is 25.5 Å². The maximum Gasteiger partial charge on any atom is 0.275 e. The number of H-pyrrole nitrogens is 1. The minimum atomic E-state index is -0.292. The number of aromatic nitrogens is 4. The van der Waals surface area contributed by atoms with Crippen molar-refractivity contribution in [1.29, 1.82) is 0 Å². The molecule has 0 spiro atoms. The lowest BCUT2D eigenvalue weighted by molar-refractivity contribution is 0.102. The van der Waals surface area contributed by atoms with Crippen molar-refractivity contribution in [1.82, 2.24) is 20.2 Å². The molecule has 0 aliphatic carbocycles. The van der Waals surface area contributed by atoms with Crippen LogP contribution in [0.25, 0.3) is 20.6 Å². The van der Waals surface area contributed by atoms with Gasteiger partial charge in [0.25, 0.3) is 5.91 Å². The number of aromatic amines is 1. The van der Waals surface area contributed by atoms with Crippen LogP contribution in [0.15, 0.2) is 35.3 Å². The van der Waals surface area contributed by atoms with E-state index >= 15 is 0 Å². The third kappa shape index (κ3) is 2.98. The van der Waals surface area contributed by atoms with Crippen molar-refractivity contribution in [2.24, 2.45) is 0 Å². The van der Waals surface area contributed by atoms with Crippen molar-refractivity contribution in [2.45, 2.75) is 0 Å². The van der Waals surface area contributed by atoms with Crippen LogP contribution in [0.1, 0.15) is 10.5 Å². The number of thiazole rings is 2. The van der Waals surface area contributed by atoms with E-state index in [0.29, 0.717) is 21.4 Å². The van der Waals surface area contributed by atoms with E-state index in [9.17, 15) is 4.79 Å². The van der Waals surface area contributed by atoms with Gasteiger partial charge in [-0.15, -0.1) is 34.0 Å². The molecule has 0 radical (unpaired) electrons. The molecule has 10 heteroatoms. The van der Waals surface area contributed by atoms with Crippen LogP contribution in [0.4, 0.5) is 5.69 Å². The SMILES string of the molecule is O=C(Nc1cn[nH]c1-c1nccs1)c1csc(-c2ccc(Cl)s2)n1. The van der Waals surface area contributed by atoms with Crippen LogP contribution in [-0.2, 0) is 0 Å². The van der Waals surface area contributed by atoms with Gasteiger partial charge in [-0.1, -0.05) is 11.6 Å². The van der Waals surface area contributed by atoms with E-state index in [1.807, 2.05) is 17.5 Å². The molecule has 4 rings (SSSR count). The van der Waals surface area contributed by atoms with Crippen LogP contribution in [0.3, 0.4) is 0 Å². The van der Waals surface area contributed by atoms with E-state index in [4.69, 9.17) is 11.6 Å². The van der Waals surface area contributed by atoms with Crippen molar-refractivity contribution >= 4 is 57.2 Å². The van der Waals surface area contributed by atoms with Crippen LogP contribution >= 0.6 is 45.6 Å². The molecule has 4 heterocycles. The van der Waals surface area contributed by atoms with Crippen LogP contribution in [0.2, 0.25) is 4.34 Å². The molecule has 0 aliphatic heterocycles.